The normalized spacial score (nSPS) is 23.2. The van der Waals surface area contributed by atoms with Gasteiger partial charge in [0.05, 0.1) is 12.0 Å². The summed E-state index contributed by atoms with van der Waals surface area (Å²) in [7, 11) is 0. The summed E-state index contributed by atoms with van der Waals surface area (Å²) in [5.41, 5.74) is 0.679. The van der Waals surface area contributed by atoms with Gasteiger partial charge < -0.3 is 24.6 Å². The van der Waals surface area contributed by atoms with Crippen molar-refractivity contribution in [3.8, 4) is 5.75 Å². The van der Waals surface area contributed by atoms with E-state index in [1.807, 2.05) is 0 Å². The lowest BCUT2D eigenvalue weighted by molar-refractivity contribution is -0.204. The highest BCUT2D eigenvalue weighted by Gasteiger charge is 2.32. The first-order valence-electron chi connectivity index (χ1n) is 8.39. The molecule has 0 aliphatic carbocycles. The number of carbonyl (C=O) groups is 2. The van der Waals surface area contributed by atoms with Crippen molar-refractivity contribution < 1.29 is 28.9 Å². The summed E-state index contributed by atoms with van der Waals surface area (Å²) in [5.74, 6) is -0.104. The van der Waals surface area contributed by atoms with Gasteiger partial charge in [0, 0.05) is 19.0 Å². The summed E-state index contributed by atoms with van der Waals surface area (Å²) in [6.07, 6.45) is -0.804. The van der Waals surface area contributed by atoms with Gasteiger partial charge in [-0.05, 0) is 30.7 Å². The van der Waals surface area contributed by atoms with E-state index in [1.54, 1.807) is 38.1 Å². The minimum Gasteiger partial charge on any atom is -0.465 e. The Morgan fingerprint density at radius 3 is 2.56 bits per heavy atom. The maximum Gasteiger partial charge on any atom is 0.308 e. The van der Waals surface area contributed by atoms with E-state index in [4.69, 9.17) is 14.2 Å². The van der Waals surface area contributed by atoms with Gasteiger partial charge in [-0.15, -0.1) is 0 Å². The molecule has 1 aliphatic rings. The zero-order valence-corrected chi connectivity index (χ0v) is 14.7. The van der Waals surface area contributed by atoms with E-state index in [0.717, 1.165) is 0 Å². The minimum atomic E-state index is -0.693. The van der Waals surface area contributed by atoms with Crippen LogP contribution >= 0.6 is 0 Å². The molecule has 2 rings (SSSR count). The molecule has 1 fully saturated rings. The molecule has 1 aromatic rings. The number of benzene rings is 1. The standard InChI is InChI=1S/C18H25NO6/c1-11(2)18(22)23-10-16-15(21)8-9-17(25-16)24-14-6-4-13(5-7-14)19-12(3)20/h4-7,11,15-17,21H,8-10H2,1-3H3,(H,19,20). The average molecular weight is 351 g/mol. The van der Waals surface area contributed by atoms with Crippen LogP contribution in [0.4, 0.5) is 5.69 Å². The number of hydrogen-bond donors (Lipinski definition) is 2. The molecule has 0 spiro atoms. The van der Waals surface area contributed by atoms with Crippen LogP contribution in [-0.2, 0) is 19.1 Å². The van der Waals surface area contributed by atoms with Crippen LogP contribution in [-0.4, -0.2) is 42.1 Å². The molecule has 0 saturated carbocycles. The Kier molecular flexibility index (Phi) is 6.78. The van der Waals surface area contributed by atoms with E-state index in [1.165, 1.54) is 6.92 Å². The highest BCUT2D eigenvalue weighted by molar-refractivity contribution is 5.88. The van der Waals surface area contributed by atoms with Crippen LogP contribution in [0.1, 0.15) is 33.6 Å². The molecule has 1 aromatic carbocycles. The maximum absolute atomic E-state index is 11.6. The molecule has 7 heteroatoms. The monoisotopic (exact) mass is 351 g/mol. The number of rotatable bonds is 6. The van der Waals surface area contributed by atoms with E-state index in [9.17, 15) is 14.7 Å². The molecular weight excluding hydrogens is 326 g/mol. The summed E-state index contributed by atoms with van der Waals surface area (Å²) in [5, 5.41) is 12.7. The van der Waals surface area contributed by atoms with Crippen LogP contribution in [0, 0.1) is 5.92 Å². The Morgan fingerprint density at radius 2 is 1.96 bits per heavy atom. The highest BCUT2D eigenvalue weighted by Crippen LogP contribution is 2.24. The molecule has 0 aromatic heterocycles. The third-order valence-corrected chi connectivity index (χ3v) is 3.76. The number of nitrogens with one attached hydrogen (secondary N) is 1. The van der Waals surface area contributed by atoms with Crippen molar-refractivity contribution >= 4 is 17.6 Å². The van der Waals surface area contributed by atoms with Gasteiger partial charge in [0.2, 0.25) is 5.91 Å². The maximum atomic E-state index is 11.6. The van der Waals surface area contributed by atoms with E-state index < -0.39 is 18.5 Å². The number of aliphatic hydroxyl groups excluding tert-OH is 1. The van der Waals surface area contributed by atoms with Gasteiger partial charge >= 0.3 is 5.97 Å². The molecule has 138 valence electrons. The van der Waals surface area contributed by atoms with Gasteiger partial charge in [-0.1, -0.05) is 13.8 Å². The summed E-state index contributed by atoms with van der Waals surface area (Å²) in [6, 6.07) is 6.92. The number of amides is 1. The summed E-state index contributed by atoms with van der Waals surface area (Å²) < 4.78 is 16.6. The van der Waals surface area contributed by atoms with Gasteiger partial charge in [-0.2, -0.15) is 0 Å². The molecule has 2 N–H and O–H groups in total. The Labute approximate surface area is 147 Å². The first kappa shape index (κ1) is 19.2. The third-order valence-electron chi connectivity index (χ3n) is 3.76. The number of esters is 1. The molecule has 25 heavy (non-hydrogen) atoms. The largest absolute Gasteiger partial charge is 0.465 e. The van der Waals surface area contributed by atoms with Crippen LogP contribution < -0.4 is 10.1 Å². The van der Waals surface area contributed by atoms with Gasteiger partial charge in [-0.3, -0.25) is 9.59 Å². The fourth-order valence-corrected chi connectivity index (χ4v) is 2.39. The fraction of sp³-hybridized carbons (Fsp3) is 0.556. The summed E-state index contributed by atoms with van der Waals surface area (Å²) in [4.78, 5) is 22.6. The number of carbonyl (C=O) groups excluding carboxylic acids is 2. The molecule has 7 nitrogen and oxygen atoms in total. The molecule has 0 radical (unpaired) electrons. The van der Waals surface area contributed by atoms with Crippen LogP contribution in [0.3, 0.4) is 0 Å². The molecule has 1 amide bonds. The van der Waals surface area contributed by atoms with Crippen LogP contribution in [0.25, 0.3) is 0 Å². The second-order valence-electron chi connectivity index (χ2n) is 6.36. The SMILES string of the molecule is CC(=O)Nc1ccc(OC2CCC(O)C(COC(=O)C(C)C)O2)cc1. The van der Waals surface area contributed by atoms with E-state index >= 15 is 0 Å². The molecule has 3 unspecified atom stereocenters. The van der Waals surface area contributed by atoms with Crippen LogP contribution in [0.15, 0.2) is 24.3 Å². The second kappa shape index (κ2) is 8.82. The van der Waals surface area contributed by atoms with Crippen molar-refractivity contribution in [1.82, 2.24) is 0 Å². The lowest BCUT2D eigenvalue weighted by atomic mass is 10.1. The van der Waals surface area contributed by atoms with Gasteiger partial charge in [0.25, 0.3) is 0 Å². The lowest BCUT2D eigenvalue weighted by Crippen LogP contribution is -2.44. The van der Waals surface area contributed by atoms with Crippen molar-refractivity contribution in [2.45, 2.75) is 52.1 Å². The summed E-state index contributed by atoms with van der Waals surface area (Å²) >= 11 is 0. The lowest BCUT2D eigenvalue weighted by Gasteiger charge is -2.33. The van der Waals surface area contributed by atoms with Gasteiger partial charge in [0.1, 0.15) is 18.5 Å². The first-order chi connectivity index (χ1) is 11.8. The Bertz CT molecular complexity index is 586. The van der Waals surface area contributed by atoms with Gasteiger partial charge in [-0.25, -0.2) is 0 Å². The van der Waals surface area contributed by atoms with Crippen LogP contribution in [0.5, 0.6) is 5.75 Å². The van der Waals surface area contributed by atoms with E-state index in [0.29, 0.717) is 24.3 Å². The van der Waals surface area contributed by atoms with Crippen molar-refractivity contribution in [3.63, 3.8) is 0 Å². The Hall–Kier alpha value is -2.12. The topological polar surface area (TPSA) is 94.1 Å². The van der Waals surface area contributed by atoms with E-state index in [2.05, 4.69) is 5.32 Å². The predicted molar refractivity (Wildman–Crippen MR) is 91.1 cm³/mol. The summed E-state index contributed by atoms with van der Waals surface area (Å²) in [6.45, 7) is 4.94. The molecule has 3 atom stereocenters. The van der Waals surface area contributed by atoms with E-state index in [-0.39, 0.29) is 24.4 Å². The Morgan fingerprint density at radius 1 is 1.28 bits per heavy atom. The van der Waals surface area contributed by atoms with Crippen molar-refractivity contribution in [3.05, 3.63) is 24.3 Å². The first-order valence-corrected chi connectivity index (χ1v) is 8.39. The molecular formula is C18H25NO6. The minimum absolute atomic E-state index is 0.000487. The van der Waals surface area contributed by atoms with Crippen molar-refractivity contribution in [2.24, 2.45) is 5.92 Å². The zero-order valence-electron chi connectivity index (χ0n) is 14.7. The second-order valence-corrected chi connectivity index (χ2v) is 6.36. The molecule has 1 aliphatic heterocycles. The zero-order chi connectivity index (χ0) is 18.4. The van der Waals surface area contributed by atoms with Crippen LogP contribution in [0.2, 0.25) is 0 Å². The smallest absolute Gasteiger partial charge is 0.308 e. The molecule has 1 heterocycles. The van der Waals surface area contributed by atoms with Gasteiger partial charge in [0.15, 0.2) is 6.29 Å². The van der Waals surface area contributed by atoms with Crippen molar-refractivity contribution in [1.29, 1.82) is 0 Å². The number of anilines is 1. The number of ether oxygens (including phenoxy) is 3. The predicted octanol–water partition coefficient (Wildman–Crippen LogP) is 2.09. The third kappa shape index (κ3) is 6.03. The quantitative estimate of drug-likeness (QED) is 0.762. The van der Waals surface area contributed by atoms with Crippen molar-refractivity contribution in [2.75, 3.05) is 11.9 Å². The number of hydrogen-bond acceptors (Lipinski definition) is 6. The fourth-order valence-electron chi connectivity index (χ4n) is 2.39. The molecule has 1 saturated heterocycles. The number of aliphatic hydroxyl groups is 1. The average Bonchev–Trinajstić information content (AvgIpc) is 2.56. The Balaban J connectivity index is 1.87. The molecule has 0 bridgehead atoms. The highest BCUT2D eigenvalue weighted by atomic mass is 16.7.